The van der Waals surface area contributed by atoms with Crippen molar-refractivity contribution in [1.29, 1.82) is 5.26 Å². The van der Waals surface area contributed by atoms with Gasteiger partial charge in [-0.3, -0.25) is 10.1 Å². The van der Waals surface area contributed by atoms with Crippen molar-refractivity contribution in [3.63, 3.8) is 0 Å². The normalized spacial score (nSPS) is 10.4. The number of benzene rings is 1. The minimum atomic E-state index is -0.507. The predicted molar refractivity (Wildman–Crippen MR) is 76.3 cm³/mol. The number of rotatable bonds is 7. The second-order valence-corrected chi connectivity index (χ2v) is 5.09. The molecule has 5 nitrogen and oxygen atoms in total. The Kier molecular flexibility index (Phi) is 6.33. The van der Waals surface area contributed by atoms with Gasteiger partial charge in [-0.15, -0.1) is 11.8 Å². The summed E-state index contributed by atoms with van der Waals surface area (Å²) in [4.78, 5) is 13.5. The van der Waals surface area contributed by atoms with Gasteiger partial charge >= 0.3 is 0 Å². The summed E-state index contributed by atoms with van der Waals surface area (Å²) in [6.07, 6.45) is 0. The van der Waals surface area contributed by atoms with Gasteiger partial charge < -0.3 is 4.90 Å². The standard InChI is InChI=1S/C13H17N3O2S/c1-3-15(4-2)7-8-19-12-6-5-11(10-14)13(9-12)16(17)18/h5-6,9H,3-4,7-8H2,1-2H3. The Balaban J connectivity index is 2.68. The SMILES string of the molecule is CCN(CC)CCSc1ccc(C#N)c([N+](=O)[O-])c1. The number of nitriles is 1. The summed E-state index contributed by atoms with van der Waals surface area (Å²) in [5, 5.41) is 19.6. The summed E-state index contributed by atoms with van der Waals surface area (Å²) in [6.45, 7) is 7.18. The van der Waals surface area contributed by atoms with E-state index in [9.17, 15) is 10.1 Å². The Morgan fingerprint density at radius 3 is 2.63 bits per heavy atom. The van der Waals surface area contributed by atoms with Crippen molar-refractivity contribution in [3.8, 4) is 6.07 Å². The van der Waals surface area contributed by atoms with Crippen LogP contribution in [-0.2, 0) is 0 Å². The number of nitrogens with zero attached hydrogens (tertiary/aromatic N) is 3. The minimum Gasteiger partial charge on any atom is -0.303 e. The lowest BCUT2D eigenvalue weighted by Crippen LogP contribution is -2.25. The van der Waals surface area contributed by atoms with E-state index in [0.717, 1.165) is 30.3 Å². The van der Waals surface area contributed by atoms with Crippen LogP contribution >= 0.6 is 11.8 Å². The predicted octanol–water partition coefficient (Wildman–Crippen LogP) is 2.90. The average molecular weight is 279 g/mol. The molecule has 19 heavy (non-hydrogen) atoms. The van der Waals surface area contributed by atoms with Gasteiger partial charge in [0.1, 0.15) is 11.6 Å². The first-order chi connectivity index (χ1) is 9.12. The summed E-state index contributed by atoms with van der Waals surface area (Å²) in [5.41, 5.74) is -0.00608. The maximum atomic E-state index is 10.8. The Labute approximate surface area is 117 Å². The highest BCUT2D eigenvalue weighted by Gasteiger charge is 2.14. The van der Waals surface area contributed by atoms with Crippen LogP contribution in [-0.4, -0.2) is 35.2 Å². The molecule has 0 aliphatic carbocycles. The third kappa shape index (κ3) is 4.54. The molecule has 1 aromatic rings. The molecule has 0 fully saturated rings. The van der Waals surface area contributed by atoms with Gasteiger partial charge in [0.05, 0.1) is 4.92 Å². The van der Waals surface area contributed by atoms with E-state index in [-0.39, 0.29) is 11.3 Å². The largest absolute Gasteiger partial charge is 0.303 e. The molecule has 0 unspecified atom stereocenters. The molecule has 0 saturated heterocycles. The van der Waals surface area contributed by atoms with Gasteiger partial charge in [-0.25, -0.2) is 0 Å². The van der Waals surface area contributed by atoms with Gasteiger partial charge in [-0.1, -0.05) is 13.8 Å². The highest BCUT2D eigenvalue weighted by atomic mass is 32.2. The van der Waals surface area contributed by atoms with Crippen molar-refractivity contribution in [2.24, 2.45) is 0 Å². The molecule has 0 radical (unpaired) electrons. The maximum absolute atomic E-state index is 10.8. The van der Waals surface area contributed by atoms with Crippen LogP contribution in [0.1, 0.15) is 19.4 Å². The minimum absolute atomic E-state index is 0.109. The van der Waals surface area contributed by atoms with Gasteiger partial charge in [0.15, 0.2) is 0 Å². The summed E-state index contributed by atoms with van der Waals surface area (Å²) >= 11 is 1.57. The van der Waals surface area contributed by atoms with Crippen LogP contribution in [0.5, 0.6) is 0 Å². The average Bonchev–Trinajstić information content (AvgIpc) is 2.43. The molecule has 0 aromatic heterocycles. The summed E-state index contributed by atoms with van der Waals surface area (Å²) < 4.78 is 0. The number of nitro benzene ring substituents is 1. The lowest BCUT2D eigenvalue weighted by atomic mass is 10.2. The van der Waals surface area contributed by atoms with E-state index in [1.54, 1.807) is 17.8 Å². The maximum Gasteiger partial charge on any atom is 0.288 e. The van der Waals surface area contributed by atoms with E-state index in [2.05, 4.69) is 18.7 Å². The van der Waals surface area contributed by atoms with Crippen LogP contribution in [0, 0.1) is 21.4 Å². The lowest BCUT2D eigenvalue weighted by Gasteiger charge is -2.17. The molecule has 0 saturated carbocycles. The van der Waals surface area contributed by atoms with Gasteiger partial charge in [0.25, 0.3) is 5.69 Å². The topological polar surface area (TPSA) is 70.2 Å². The number of hydrogen-bond acceptors (Lipinski definition) is 5. The van der Waals surface area contributed by atoms with Crippen LogP contribution in [0.2, 0.25) is 0 Å². The van der Waals surface area contributed by atoms with E-state index in [1.807, 2.05) is 6.07 Å². The molecule has 1 aromatic carbocycles. The van der Waals surface area contributed by atoms with Crippen LogP contribution in [0.15, 0.2) is 23.1 Å². The second-order valence-electron chi connectivity index (χ2n) is 3.92. The monoisotopic (exact) mass is 279 g/mol. The quantitative estimate of drug-likeness (QED) is 0.436. The third-order valence-electron chi connectivity index (χ3n) is 2.86. The number of hydrogen-bond donors (Lipinski definition) is 0. The van der Waals surface area contributed by atoms with Crippen LogP contribution in [0.3, 0.4) is 0 Å². The molecule has 0 aliphatic heterocycles. The fourth-order valence-corrected chi connectivity index (χ4v) is 2.62. The molecular formula is C13H17N3O2S. The van der Waals surface area contributed by atoms with Gasteiger partial charge in [-0.05, 0) is 25.2 Å². The number of thioether (sulfide) groups is 1. The molecule has 0 bridgehead atoms. The summed E-state index contributed by atoms with van der Waals surface area (Å²) in [5.74, 6) is 0.880. The second kappa shape index (κ2) is 7.77. The van der Waals surface area contributed by atoms with Crippen molar-refractivity contribution < 1.29 is 4.92 Å². The van der Waals surface area contributed by atoms with E-state index in [4.69, 9.17) is 5.26 Å². The highest BCUT2D eigenvalue weighted by molar-refractivity contribution is 7.99. The highest BCUT2D eigenvalue weighted by Crippen LogP contribution is 2.26. The van der Waals surface area contributed by atoms with E-state index >= 15 is 0 Å². The van der Waals surface area contributed by atoms with Crippen LogP contribution in [0.4, 0.5) is 5.69 Å². The Bertz CT molecular complexity index is 481. The zero-order valence-corrected chi connectivity index (χ0v) is 11.9. The summed E-state index contributed by atoms with van der Waals surface area (Å²) in [7, 11) is 0. The van der Waals surface area contributed by atoms with Gasteiger partial charge in [0, 0.05) is 23.3 Å². The smallest absolute Gasteiger partial charge is 0.288 e. The lowest BCUT2D eigenvalue weighted by molar-refractivity contribution is -0.385. The van der Waals surface area contributed by atoms with Crippen molar-refractivity contribution in [3.05, 3.63) is 33.9 Å². The Morgan fingerprint density at radius 1 is 1.42 bits per heavy atom. The molecule has 0 amide bonds. The van der Waals surface area contributed by atoms with E-state index in [0.29, 0.717) is 0 Å². The molecule has 0 aliphatic rings. The van der Waals surface area contributed by atoms with Crippen molar-refractivity contribution in [1.82, 2.24) is 4.90 Å². The van der Waals surface area contributed by atoms with Crippen molar-refractivity contribution in [2.75, 3.05) is 25.4 Å². The first-order valence-electron chi connectivity index (χ1n) is 6.16. The molecule has 1 rings (SSSR count). The van der Waals surface area contributed by atoms with Gasteiger partial charge in [0.2, 0.25) is 0 Å². The molecule has 6 heteroatoms. The van der Waals surface area contributed by atoms with Crippen LogP contribution < -0.4 is 0 Å². The van der Waals surface area contributed by atoms with Crippen molar-refractivity contribution in [2.45, 2.75) is 18.7 Å². The van der Waals surface area contributed by atoms with Crippen LogP contribution in [0.25, 0.3) is 0 Å². The Hall–Kier alpha value is -1.58. The molecular weight excluding hydrogens is 262 g/mol. The third-order valence-corrected chi connectivity index (χ3v) is 3.83. The fourth-order valence-electron chi connectivity index (χ4n) is 1.68. The zero-order chi connectivity index (χ0) is 14.3. The van der Waals surface area contributed by atoms with E-state index < -0.39 is 4.92 Å². The van der Waals surface area contributed by atoms with Gasteiger partial charge in [-0.2, -0.15) is 5.26 Å². The van der Waals surface area contributed by atoms with Crippen molar-refractivity contribution >= 4 is 17.4 Å². The molecule has 0 atom stereocenters. The summed E-state index contributed by atoms with van der Waals surface area (Å²) in [6, 6.07) is 6.59. The van der Waals surface area contributed by atoms with E-state index in [1.165, 1.54) is 12.1 Å². The molecule has 0 heterocycles. The Morgan fingerprint density at radius 2 is 2.11 bits per heavy atom. The fraction of sp³-hybridized carbons (Fsp3) is 0.462. The zero-order valence-electron chi connectivity index (χ0n) is 11.1. The first-order valence-corrected chi connectivity index (χ1v) is 7.14. The molecule has 0 N–H and O–H groups in total. The molecule has 0 spiro atoms. The number of nitro groups is 1. The first kappa shape index (κ1) is 15.5. The molecule has 102 valence electrons.